The fourth-order valence-corrected chi connectivity index (χ4v) is 5.51. The standard InChI is InChI=1S/C23H30N2O6/c1-4-30-22(29)17-16-8-9-23(31-16)18(17)21(28)25(10-5-11-26)19(23)20(27)24-15-12-13(2)6-7-14(15)3/h6-7,12,16-19,26H,4-5,8-11H2,1-3H3,(H,24,27)/t16-,17+,18+,19-,23+/m1/s1. The van der Waals surface area contributed by atoms with Crippen molar-refractivity contribution in [2.24, 2.45) is 11.8 Å². The van der Waals surface area contributed by atoms with Crippen LogP contribution in [0.15, 0.2) is 18.2 Å². The van der Waals surface area contributed by atoms with Crippen LogP contribution in [0.3, 0.4) is 0 Å². The van der Waals surface area contributed by atoms with Crippen LogP contribution in [0.1, 0.15) is 37.3 Å². The first kappa shape index (κ1) is 21.8. The number of nitrogens with zero attached hydrogens (tertiary/aromatic N) is 1. The van der Waals surface area contributed by atoms with E-state index < -0.39 is 35.6 Å². The van der Waals surface area contributed by atoms with Gasteiger partial charge in [0.15, 0.2) is 0 Å². The molecule has 4 rings (SSSR count). The smallest absolute Gasteiger partial charge is 0.312 e. The first-order chi connectivity index (χ1) is 14.8. The highest BCUT2D eigenvalue weighted by atomic mass is 16.6. The molecule has 3 aliphatic rings. The quantitative estimate of drug-likeness (QED) is 0.636. The van der Waals surface area contributed by atoms with E-state index in [-0.39, 0.29) is 31.6 Å². The van der Waals surface area contributed by atoms with E-state index in [1.54, 1.807) is 6.92 Å². The molecule has 31 heavy (non-hydrogen) atoms. The van der Waals surface area contributed by atoms with Crippen LogP contribution in [0.25, 0.3) is 0 Å². The number of hydrogen-bond acceptors (Lipinski definition) is 6. The fraction of sp³-hybridized carbons (Fsp3) is 0.609. The molecule has 3 heterocycles. The number of hydrogen-bond donors (Lipinski definition) is 2. The highest BCUT2D eigenvalue weighted by Gasteiger charge is 2.74. The Kier molecular flexibility index (Phi) is 5.79. The zero-order valence-corrected chi connectivity index (χ0v) is 18.2. The van der Waals surface area contributed by atoms with E-state index in [0.717, 1.165) is 11.1 Å². The van der Waals surface area contributed by atoms with Crippen molar-refractivity contribution in [2.45, 2.75) is 57.8 Å². The SMILES string of the molecule is CCOC(=O)[C@@H]1[C@H]2C(=O)N(CCCO)[C@H](C(=O)Nc3cc(C)ccc3C)[C@]23CC[C@H]1O3. The average molecular weight is 431 g/mol. The first-order valence-electron chi connectivity index (χ1n) is 11.0. The van der Waals surface area contributed by atoms with Crippen LogP contribution in [0.2, 0.25) is 0 Å². The van der Waals surface area contributed by atoms with Crippen molar-refractivity contribution >= 4 is 23.5 Å². The number of aryl methyl sites for hydroxylation is 2. The van der Waals surface area contributed by atoms with Gasteiger partial charge in [-0.2, -0.15) is 0 Å². The Morgan fingerprint density at radius 2 is 2.13 bits per heavy atom. The Morgan fingerprint density at radius 1 is 1.35 bits per heavy atom. The molecule has 2 N–H and O–H groups in total. The second-order valence-electron chi connectivity index (χ2n) is 8.72. The average Bonchev–Trinajstić information content (AvgIpc) is 3.36. The lowest BCUT2D eigenvalue weighted by atomic mass is 9.70. The third-order valence-corrected chi connectivity index (χ3v) is 6.82. The summed E-state index contributed by atoms with van der Waals surface area (Å²) in [6, 6.07) is 4.94. The third kappa shape index (κ3) is 3.42. The summed E-state index contributed by atoms with van der Waals surface area (Å²) in [4.78, 5) is 41.2. The number of ether oxygens (including phenoxy) is 2. The number of amides is 2. The molecule has 0 aromatic heterocycles. The second kappa shape index (κ2) is 8.24. The molecule has 0 unspecified atom stereocenters. The van der Waals surface area contributed by atoms with Crippen LogP contribution in [0, 0.1) is 25.7 Å². The number of likely N-dealkylation sites (tertiary alicyclic amines) is 1. The molecule has 1 spiro atoms. The summed E-state index contributed by atoms with van der Waals surface area (Å²) in [5.41, 5.74) is 1.57. The number of nitrogens with one attached hydrogen (secondary N) is 1. The molecule has 1 aromatic carbocycles. The van der Waals surface area contributed by atoms with E-state index >= 15 is 0 Å². The Morgan fingerprint density at radius 3 is 2.84 bits per heavy atom. The van der Waals surface area contributed by atoms with Gasteiger partial charge in [0.25, 0.3) is 0 Å². The molecule has 5 atom stereocenters. The van der Waals surface area contributed by atoms with E-state index in [0.29, 0.717) is 24.9 Å². The van der Waals surface area contributed by atoms with Crippen molar-refractivity contribution in [1.82, 2.24) is 4.90 Å². The number of benzene rings is 1. The van der Waals surface area contributed by atoms with Crippen molar-refractivity contribution in [3.8, 4) is 0 Å². The Bertz CT molecular complexity index is 902. The van der Waals surface area contributed by atoms with Crippen molar-refractivity contribution < 1.29 is 29.0 Å². The van der Waals surface area contributed by atoms with Gasteiger partial charge in [0.2, 0.25) is 11.8 Å². The van der Waals surface area contributed by atoms with Crippen molar-refractivity contribution in [1.29, 1.82) is 0 Å². The molecule has 0 saturated carbocycles. The van der Waals surface area contributed by atoms with Gasteiger partial charge in [-0.1, -0.05) is 12.1 Å². The minimum Gasteiger partial charge on any atom is -0.466 e. The lowest BCUT2D eigenvalue weighted by Crippen LogP contribution is -2.53. The number of aliphatic hydroxyl groups is 1. The van der Waals surface area contributed by atoms with Gasteiger partial charge in [-0.3, -0.25) is 14.4 Å². The number of fused-ring (bicyclic) bond motifs is 1. The lowest BCUT2D eigenvalue weighted by molar-refractivity contribution is -0.154. The lowest BCUT2D eigenvalue weighted by Gasteiger charge is -2.33. The first-order valence-corrected chi connectivity index (χ1v) is 11.0. The molecule has 3 fully saturated rings. The Balaban J connectivity index is 1.69. The van der Waals surface area contributed by atoms with Gasteiger partial charge in [0, 0.05) is 18.8 Å². The van der Waals surface area contributed by atoms with Crippen LogP contribution in [-0.2, 0) is 23.9 Å². The van der Waals surface area contributed by atoms with Crippen molar-refractivity contribution in [2.75, 3.05) is 25.1 Å². The van der Waals surface area contributed by atoms with Crippen molar-refractivity contribution in [3.63, 3.8) is 0 Å². The van der Waals surface area contributed by atoms with Crippen LogP contribution < -0.4 is 5.32 Å². The van der Waals surface area contributed by atoms with Gasteiger partial charge >= 0.3 is 5.97 Å². The summed E-state index contributed by atoms with van der Waals surface area (Å²) >= 11 is 0. The largest absolute Gasteiger partial charge is 0.466 e. The summed E-state index contributed by atoms with van der Waals surface area (Å²) in [5.74, 6) is -2.47. The molecular weight excluding hydrogens is 400 g/mol. The number of aliphatic hydroxyl groups excluding tert-OH is 1. The highest BCUT2D eigenvalue weighted by molar-refractivity contribution is 6.03. The number of carbonyl (C=O) groups is 3. The van der Waals surface area contributed by atoms with Gasteiger partial charge < -0.3 is 24.8 Å². The summed E-state index contributed by atoms with van der Waals surface area (Å²) in [5, 5.41) is 12.3. The molecule has 3 saturated heterocycles. The minimum absolute atomic E-state index is 0.0996. The maximum atomic E-state index is 13.6. The number of esters is 1. The van der Waals surface area contributed by atoms with E-state index in [1.165, 1.54) is 4.90 Å². The number of anilines is 1. The molecule has 0 radical (unpaired) electrons. The maximum absolute atomic E-state index is 13.6. The maximum Gasteiger partial charge on any atom is 0.312 e. The molecule has 168 valence electrons. The van der Waals surface area contributed by atoms with E-state index in [9.17, 15) is 19.5 Å². The van der Waals surface area contributed by atoms with Gasteiger partial charge in [-0.25, -0.2) is 0 Å². The molecule has 2 bridgehead atoms. The fourth-order valence-electron chi connectivity index (χ4n) is 5.51. The Hall–Kier alpha value is -2.45. The topological polar surface area (TPSA) is 105 Å². The molecule has 2 amide bonds. The van der Waals surface area contributed by atoms with E-state index in [4.69, 9.17) is 9.47 Å². The third-order valence-electron chi connectivity index (χ3n) is 6.82. The molecule has 8 heteroatoms. The predicted octanol–water partition coefficient (Wildman–Crippen LogP) is 1.56. The second-order valence-corrected chi connectivity index (χ2v) is 8.72. The summed E-state index contributed by atoms with van der Waals surface area (Å²) < 4.78 is 11.5. The molecule has 3 aliphatic heterocycles. The molecule has 8 nitrogen and oxygen atoms in total. The minimum atomic E-state index is -1.05. The summed E-state index contributed by atoms with van der Waals surface area (Å²) in [7, 11) is 0. The molecular formula is C23H30N2O6. The van der Waals surface area contributed by atoms with E-state index in [2.05, 4.69) is 5.32 Å². The van der Waals surface area contributed by atoms with Crippen LogP contribution in [0.4, 0.5) is 5.69 Å². The zero-order valence-electron chi connectivity index (χ0n) is 18.2. The van der Waals surface area contributed by atoms with Gasteiger partial charge in [-0.05, 0) is 57.2 Å². The van der Waals surface area contributed by atoms with Gasteiger partial charge in [0.05, 0.1) is 24.5 Å². The van der Waals surface area contributed by atoms with Crippen LogP contribution in [0.5, 0.6) is 0 Å². The van der Waals surface area contributed by atoms with Crippen LogP contribution in [-0.4, -0.2) is 65.3 Å². The predicted molar refractivity (Wildman–Crippen MR) is 112 cm³/mol. The zero-order chi connectivity index (χ0) is 22.3. The van der Waals surface area contributed by atoms with E-state index in [1.807, 2.05) is 32.0 Å². The Labute approximate surface area is 181 Å². The normalized spacial score (nSPS) is 31.1. The number of carbonyl (C=O) groups excluding carboxylic acids is 3. The molecule has 1 aromatic rings. The van der Waals surface area contributed by atoms with Crippen LogP contribution >= 0.6 is 0 Å². The molecule has 0 aliphatic carbocycles. The number of rotatable bonds is 7. The summed E-state index contributed by atoms with van der Waals surface area (Å²) in [6.45, 7) is 5.93. The van der Waals surface area contributed by atoms with Gasteiger partial charge in [-0.15, -0.1) is 0 Å². The van der Waals surface area contributed by atoms with Crippen molar-refractivity contribution in [3.05, 3.63) is 29.3 Å². The van der Waals surface area contributed by atoms with Gasteiger partial charge in [0.1, 0.15) is 11.6 Å². The summed E-state index contributed by atoms with van der Waals surface area (Å²) in [6.07, 6.45) is 1.07. The highest BCUT2D eigenvalue weighted by Crippen LogP contribution is 2.58. The monoisotopic (exact) mass is 430 g/mol.